The van der Waals surface area contributed by atoms with Crippen LogP contribution in [-0.4, -0.2) is 42.2 Å². The monoisotopic (exact) mass is 274 g/mol. The van der Waals surface area contributed by atoms with Gasteiger partial charge in [-0.25, -0.2) is 4.79 Å². The quantitative estimate of drug-likeness (QED) is 0.588. The third kappa shape index (κ3) is 4.40. The molecule has 0 aromatic carbocycles. The Morgan fingerprint density at radius 1 is 1.28 bits per heavy atom. The van der Waals surface area contributed by atoms with Gasteiger partial charge >= 0.3 is 12.0 Å². The molecule has 0 atom stereocenters. The number of carbonyl (C=O) groups excluding carboxylic acids is 1. The van der Waals surface area contributed by atoms with Crippen molar-refractivity contribution in [2.24, 2.45) is 5.41 Å². The van der Waals surface area contributed by atoms with Crippen molar-refractivity contribution in [3.8, 4) is 0 Å². The minimum Gasteiger partial charge on any atom is -0.481 e. The lowest BCUT2D eigenvalue weighted by Gasteiger charge is -2.37. The maximum absolute atomic E-state index is 11.5. The predicted molar refractivity (Wildman–Crippen MR) is 72.9 cm³/mol. The Bertz CT molecular complexity index is 293. The lowest BCUT2D eigenvalue weighted by atomic mass is 9.69. The first-order chi connectivity index (χ1) is 8.60. The first kappa shape index (κ1) is 15.1. The van der Waals surface area contributed by atoms with E-state index in [1.165, 1.54) is 0 Å². The number of unbranched alkanes of at least 4 members (excludes halogenated alkanes) is 1. The van der Waals surface area contributed by atoms with Crippen molar-refractivity contribution in [3.05, 3.63) is 0 Å². The molecule has 0 aromatic heterocycles. The Balaban J connectivity index is 2.11. The maximum atomic E-state index is 11.5. The maximum Gasteiger partial charge on any atom is 0.314 e. The van der Waals surface area contributed by atoms with Gasteiger partial charge < -0.3 is 15.7 Å². The third-order valence-corrected chi connectivity index (χ3v) is 4.11. The molecule has 0 unspecified atom stereocenters. The van der Waals surface area contributed by atoms with Crippen LogP contribution in [0.15, 0.2) is 0 Å². The number of carbonyl (C=O) groups is 2. The van der Waals surface area contributed by atoms with Gasteiger partial charge in [-0.3, -0.25) is 4.79 Å². The summed E-state index contributed by atoms with van der Waals surface area (Å²) in [5, 5.41) is 14.5. The second kappa shape index (κ2) is 7.51. The molecule has 0 radical (unpaired) electrons. The first-order valence-electron chi connectivity index (χ1n) is 6.35. The molecule has 18 heavy (non-hydrogen) atoms. The van der Waals surface area contributed by atoms with Crippen molar-refractivity contribution in [2.75, 3.05) is 25.1 Å². The molecule has 1 fully saturated rings. The van der Waals surface area contributed by atoms with E-state index in [9.17, 15) is 9.59 Å². The van der Waals surface area contributed by atoms with E-state index in [0.717, 1.165) is 25.0 Å². The van der Waals surface area contributed by atoms with Crippen molar-refractivity contribution in [2.45, 2.75) is 32.1 Å². The Kier molecular flexibility index (Phi) is 6.32. The van der Waals surface area contributed by atoms with Crippen LogP contribution in [-0.2, 0) is 4.79 Å². The molecule has 3 N–H and O–H groups in total. The Hall–Kier alpha value is -0.910. The second-order valence-corrected chi connectivity index (χ2v) is 5.73. The van der Waals surface area contributed by atoms with Crippen LogP contribution in [0.25, 0.3) is 0 Å². The van der Waals surface area contributed by atoms with Crippen LogP contribution in [0.1, 0.15) is 32.1 Å². The number of carboxylic acids is 1. The third-order valence-electron chi connectivity index (χ3n) is 3.41. The Morgan fingerprint density at radius 2 is 2.00 bits per heavy atom. The number of urea groups is 1. The highest BCUT2D eigenvalue weighted by atomic mass is 32.2. The molecule has 1 aliphatic carbocycles. The molecule has 6 heteroatoms. The van der Waals surface area contributed by atoms with E-state index in [1.54, 1.807) is 11.8 Å². The molecule has 0 aliphatic heterocycles. The number of amides is 2. The summed E-state index contributed by atoms with van der Waals surface area (Å²) in [6, 6.07) is -0.258. The van der Waals surface area contributed by atoms with Gasteiger partial charge in [0, 0.05) is 13.1 Å². The number of carboxylic acid groups (broad SMARTS) is 1. The van der Waals surface area contributed by atoms with Crippen LogP contribution in [0.5, 0.6) is 0 Å². The smallest absolute Gasteiger partial charge is 0.314 e. The normalized spacial score (nSPS) is 16.7. The van der Waals surface area contributed by atoms with Gasteiger partial charge in [0.05, 0.1) is 5.41 Å². The van der Waals surface area contributed by atoms with Crippen molar-refractivity contribution in [3.63, 3.8) is 0 Å². The minimum absolute atomic E-state index is 0.235. The molecule has 104 valence electrons. The lowest BCUT2D eigenvalue weighted by Crippen LogP contribution is -2.49. The van der Waals surface area contributed by atoms with Gasteiger partial charge in [-0.05, 0) is 37.7 Å². The van der Waals surface area contributed by atoms with E-state index in [1.807, 2.05) is 0 Å². The van der Waals surface area contributed by atoms with Gasteiger partial charge in [0.1, 0.15) is 0 Å². The number of aliphatic carboxylic acids is 1. The SMILES string of the molecule is CSCCCCNC(=O)NCC1(C(=O)O)CCC1. The van der Waals surface area contributed by atoms with Gasteiger partial charge in [-0.2, -0.15) is 11.8 Å². The highest BCUT2D eigenvalue weighted by Crippen LogP contribution is 2.40. The van der Waals surface area contributed by atoms with E-state index in [4.69, 9.17) is 5.11 Å². The highest BCUT2D eigenvalue weighted by Gasteiger charge is 2.44. The van der Waals surface area contributed by atoms with E-state index in [2.05, 4.69) is 16.9 Å². The molecule has 1 rings (SSSR count). The van der Waals surface area contributed by atoms with Crippen molar-refractivity contribution < 1.29 is 14.7 Å². The van der Waals surface area contributed by atoms with Crippen LogP contribution < -0.4 is 10.6 Å². The van der Waals surface area contributed by atoms with E-state index < -0.39 is 11.4 Å². The fraction of sp³-hybridized carbons (Fsp3) is 0.833. The van der Waals surface area contributed by atoms with Crippen LogP contribution >= 0.6 is 11.8 Å². The second-order valence-electron chi connectivity index (χ2n) is 4.75. The zero-order valence-electron chi connectivity index (χ0n) is 10.8. The molecular weight excluding hydrogens is 252 g/mol. The predicted octanol–water partition coefficient (Wildman–Crippen LogP) is 1.68. The number of hydrogen-bond acceptors (Lipinski definition) is 3. The summed E-state index contributed by atoms with van der Waals surface area (Å²) >= 11 is 1.79. The summed E-state index contributed by atoms with van der Waals surface area (Å²) in [7, 11) is 0. The van der Waals surface area contributed by atoms with Crippen molar-refractivity contribution in [1.29, 1.82) is 0 Å². The fourth-order valence-electron chi connectivity index (χ4n) is 1.96. The molecule has 5 nitrogen and oxygen atoms in total. The van der Waals surface area contributed by atoms with Crippen LogP contribution in [0.2, 0.25) is 0 Å². The van der Waals surface area contributed by atoms with Gasteiger partial charge in [0.25, 0.3) is 0 Å². The van der Waals surface area contributed by atoms with Gasteiger partial charge in [0.15, 0.2) is 0 Å². The summed E-state index contributed by atoms with van der Waals surface area (Å²) in [6.45, 7) is 0.880. The molecule has 1 aliphatic rings. The lowest BCUT2D eigenvalue weighted by molar-refractivity contribution is -0.153. The van der Waals surface area contributed by atoms with Crippen molar-refractivity contribution in [1.82, 2.24) is 10.6 Å². The average Bonchev–Trinajstić information content (AvgIpc) is 2.27. The standard InChI is InChI=1S/C12H22N2O3S/c1-18-8-3-2-7-13-11(17)14-9-12(10(15)16)5-4-6-12/h2-9H2,1H3,(H,15,16)(H2,13,14,17). The number of thioether (sulfide) groups is 1. The summed E-state index contributed by atoms with van der Waals surface area (Å²) < 4.78 is 0. The zero-order chi connectivity index (χ0) is 13.4. The molecule has 0 bridgehead atoms. The molecule has 1 saturated carbocycles. The summed E-state index contributed by atoms with van der Waals surface area (Å²) in [6.07, 6.45) is 6.36. The summed E-state index contributed by atoms with van der Waals surface area (Å²) in [5.74, 6) is 0.305. The number of nitrogens with one attached hydrogen (secondary N) is 2. The van der Waals surface area contributed by atoms with Crippen LogP contribution in [0.3, 0.4) is 0 Å². The fourth-order valence-corrected chi connectivity index (χ4v) is 2.45. The van der Waals surface area contributed by atoms with Gasteiger partial charge in [-0.1, -0.05) is 6.42 Å². The Labute approximate surface area is 112 Å². The van der Waals surface area contributed by atoms with Crippen molar-refractivity contribution >= 4 is 23.8 Å². The van der Waals surface area contributed by atoms with Gasteiger partial charge in [0.2, 0.25) is 0 Å². The number of rotatable bonds is 8. The van der Waals surface area contributed by atoms with Gasteiger partial charge in [-0.15, -0.1) is 0 Å². The minimum atomic E-state index is -0.797. The van der Waals surface area contributed by atoms with E-state index in [0.29, 0.717) is 19.4 Å². The summed E-state index contributed by atoms with van der Waals surface area (Å²) in [4.78, 5) is 22.5. The van der Waals surface area contributed by atoms with Crippen LogP contribution in [0.4, 0.5) is 4.79 Å². The highest BCUT2D eigenvalue weighted by molar-refractivity contribution is 7.98. The molecule has 0 aromatic rings. The topological polar surface area (TPSA) is 78.4 Å². The number of hydrogen-bond donors (Lipinski definition) is 3. The first-order valence-corrected chi connectivity index (χ1v) is 7.74. The Morgan fingerprint density at radius 3 is 2.50 bits per heavy atom. The zero-order valence-corrected chi connectivity index (χ0v) is 11.6. The van der Waals surface area contributed by atoms with Crippen LogP contribution in [0, 0.1) is 5.41 Å². The molecule has 2 amide bonds. The largest absolute Gasteiger partial charge is 0.481 e. The van der Waals surface area contributed by atoms with E-state index >= 15 is 0 Å². The average molecular weight is 274 g/mol. The summed E-state index contributed by atoms with van der Waals surface area (Å²) in [5.41, 5.74) is -0.712. The van der Waals surface area contributed by atoms with E-state index in [-0.39, 0.29) is 12.6 Å². The molecule has 0 spiro atoms. The molecule has 0 heterocycles. The molecular formula is C12H22N2O3S. The molecule has 0 saturated heterocycles.